The molecule has 0 bridgehead atoms. The van der Waals surface area contributed by atoms with Gasteiger partial charge in [-0.15, -0.1) is 6.58 Å². The van der Waals surface area contributed by atoms with E-state index < -0.39 is 5.92 Å². The van der Waals surface area contributed by atoms with Gasteiger partial charge in [0.25, 0.3) is 5.92 Å². The first-order valence-electron chi connectivity index (χ1n) is 13.2. The van der Waals surface area contributed by atoms with Crippen LogP contribution in [0.15, 0.2) is 49.2 Å². The summed E-state index contributed by atoms with van der Waals surface area (Å²) in [5.41, 5.74) is 1.05. The van der Waals surface area contributed by atoms with Crippen LogP contribution in [0, 0.1) is 12.7 Å². The maximum absolute atomic E-state index is 14.4. The summed E-state index contributed by atoms with van der Waals surface area (Å²) in [7, 11) is 0. The monoisotopic (exact) mass is 538 g/mol. The third-order valence-electron chi connectivity index (χ3n) is 7.21. The van der Waals surface area contributed by atoms with Crippen molar-refractivity contribution in [2.75, 3.05) is 73.6 Å². The number of aromatic nitrogens is 4. The van der Waals surface area contributed by atoms with Crippen LogP contribution in [0.3, 0.4) is 0 Å². The lowest BCUT2D eigenvalue weighted by Crippen LogP contribution is -2.49. The molecule has 0 radical (unpaired) electrons. The molecule has 1 aromatic carbocycles. The minimum atomic E-state index is -2.99. The Morgan fingerprint density at radius 1 is 0.897 bits per heavy atom. The topological polar surface area (TPSA) is 64.5 Å². The Hall–Kier alpha value is -3.73. The quantitative estimate of drug-likeness (QED) is 0.417. The van der Waals surface area contributed by atoms with Gasteiger partial charge in [-0.1, -0.05) is 18.2 Å². The van der Waals surface area contributed by atoms with E-state index in [0.717, 1.165) is 39.6 Å². The fraction of sp³-hybridized carbons (Fsp3) is 0.429. The standard InChI is InChI=1S/C28H33F3N8/c1-4-10-36-11-13-38(14-12-36)26-33-24(21-8-7-20(2)23(29)19-21)34-27(35-26)39-17-15-37(16-18-39)25-22(28(3,30)31)6-5-9-32-25/h4-9,19H,1,10-18H2,2-3H3. The highest BCUT2D eigenvalue weighted by molar-refractivity contribution is 5.60. The van der Waals surface area contributed by atoms with Gasteiger partial charge in [0.1, 0.15) is 11.6 Å². The first-order valence-corrected chi connectivity index (χ1v) is 13.2. The zero-order valence-electron chi connectivity index (χ0n) is 22.3. The van der Waals surface area contributed by atoms with Gasteiger partial charge in [0.2, 0.25) is 11.9 Å². The normalized spacial score (nSPS) is 17.0. The summed E-state index contributed by atoms with van der Waals surface area (Å²) >= 11 is 0. The Labute approximate surface area is 226 Å². The highest BCUT2D eigenvalue weighted by Gasteiger charge is 2.32. The molecule has 3 aromatic rings. The average Bonchev–Trinajstić information content (AvgIpc) is 2.94. The molecule has 0 aliphatic carbocycles. The van der Waals surface area contributed by atoms with E-state index in [9.17, 15) is 13.2 Å². The average molecular weight is 539 g/mol. The highest BCUT2D eigenvalue weighted by Crippen LogP contribution is 2.34. The summed E-state index contributed by atoms with van der Waals surface area (Å²) in [6.07, 6.45) is 3.44. The van der Waals surface area contributed by atoms with E-state index in [2.05, 4.69) is 21.4 Å². The maximum Gasteiger partial charge on any atom is 0.274 e. The molecule has 2 aliphatic rings. The highest BCUT2D eigenvalue weighted by atomic mass is 19.3. The van der Waals surface area contributed by atoms with Gasteiger partial charge in [-0.05, 0) is 30.7 Å². The third kappa shape index (κ3) is 5.98. The van der Waals surface area contributed by atoms with Gasteiger partial charge in [-0.25, -0.2) is 18.2 Å². The van der Waals surface area contributed by atoms with Crippen LogP contribution in [-0.4, -0.2) is 83.7 Å². The SMILES string of the molecule is C=CCN1CCN(c2nc(-c3ccc(C)c(F)c3)nc(N3CCN(c4ncccc4C(C)(F)F)CC3)n2)CC1. The lowest BCUT2D eigenvalue weighted by atomic mass is 10.1. The molecule has 2 saturated heterocycles. The van der Waals surface area contributed by atoms with Crippen molar-refractivity contribution in [1.29, 1.82) is 0 Å². The van der Waals surface area contributed by atoms with E-state index in [4.69, 9.17) is 15.0 Å². The van der Waals surface area contributed by atoms with Crippen LogP contribution in [-0.2, 0) is 5.92 Å². The summed E-state index contributed by atoms with van der Waals surface area (Å²) in [5, 5.41) is 0. The molecule has 2 aromatic heterocycles. The lowest BCUT2D eigenvalue weighted by Gasteiger charge is -2.37. The van der Waals surface area contributed by atoms with Crippen molar-refractivity contribution >= 4 is 17.7 Å². The Balaban J connectivity index is 1.41. The second kappa shape index (κ2) is 11.2. The molecule has 8 nitrogen and oxygen atoms in total. The van der Waals surface area contributed by atoms with Gasteiger partial charge in [-0.2, -0.15) is 15.0 Å². The Morgan fingerprint density at radius 2 is 1.51 bits per heavy atom. The summed E-state index contributed by atoms with van der Waals surface area (Å²) in [6.45, 7) is 12.5. The van der Waals surface area contributed by atoms with Gasteiger partial charge < -0.3 is 14.7 Å². The Morgan fingerprint density at radius 3 is 2.10 bits per heavy atom. The van der Waals surface area contributed by atoms with Crippen LogP contribution < -0.4 is 14.7 Å². The number of nitrogens with zero attached hydrogens (tertiary/aromatic N) is 8. The number of aryl methyl sites for hydroxylation is 1. The van der Waals surface area contributed by atoms with Crippen LogP contribution in [0.25, 0.3) is 11.4 Å². The largest absolute Gasteiger partial charge is 0.353 e. The smallest absolute Gasteiger partial charge is 0.274 e. The molecule has 4 heterocycles. The number of pyridine rings is 1. The molecular formula is C28H33F3N8. The van der Waals surface area contributed by atoms with Crippen LogP contribution in [0.5, 0.6) is 0 Å². The fourth-order valence-corrected chi connectivity index (χ4v) is 4.92. The molecule has 11 heteroatoms. The molecule has 2 fully saturated rings. The van der Waals surface area contributed by atoms with Crippen molar-refractivity contribution in [2.24, 2.45) is 0 Å². The molecule has 0 spiro atoms. The predicted octanol–water partition coefficient (Wildman–Crippen LogP) is 4.13. The molecule has 39 heavy (non-hydrogen) atoms. The molecular weight excluding hydrogens is 505 g/mol. The van der Waals surface area contributed by atoms with Crippen molar-refractivity contribution in [3.05, 3.63) is 66.1 Å². The van der Waals surface area contributed by atoms with Crippen LogP contribution >= 0.6 is 0 Å². The van der Waals surface area contributed by atoms with Crippen molar-refractivity contribution in [2.45, 2.75) is 19.8 Å². The number of benzene rings is 1. The van der Waals surface area contributed by atoms with Crippen molar-refractivity contribution in [3.8, 4) is 11.4 Å². The summed E-state index contributed by atoms with van der Waals surface area (Å²) in [6, 6.07) is 7.94. The van der Waals surface area contributed by atoms with Crippen LogP contribution in [0.1, 0.15) is 18.1 Å². The van der Waals surface area contributed by atoms with E-state index in [-0.39, 0.29) is 11.4 Å². The van der Waals surface area contributed by atoms with Gasteiger partial charge in [0.15, 0.2) is 5.82 Å². The summed E-state index contributed by atoms with van der Waals surface area (Å²) in [5.74, 6) is -1.56. The van der Waals surface area contributed by atoms with Gasteiger partial charge in [0, 0.05) is 77.6 Å². The van der Waals surface area contributed by atoms with Gasteiger partial charge >= 0.3 is 0 Å². The Bertz CT molecular complexity index is 1310. The number of halogens is 3. The number of hydrogen-bond acceptors (Lipinski definition) is 8. The molecule has 5 rings (SSSR count). The predicted molar refractivity (Wildman–Crippen MR) is 147 cm³/mol. The molecule has 2 aliphatic heterocycles. The molecule has 0 N–H and O–H groups in total. The number of anilines is 3. The van der Waals surface area contributed by atoms with E-state index in [0.29, 0.717) is 60.8 Å². The third-order valence-corrected chi connectivity index (χ3v) is 7.21. The zero-order chi connectivity index (χ0) is 27.6. The number of rotatable bonds is 7. The molecule has 0 unspecified atom stereocenters. The number of piperazine rings is 2. The first-order chi connectivity index (χ1) is 18.7. The van der Waals surface area contributed by atoms with Crippen LogP contribution in [0.2, 0.25) is 0 Å². The molecule has 0 amide bonds. The lowest BCUT2D eigenvalue weighted by molar-refractivity contribution is 0.0176. The van der Waals surface area contributed by atoms with E-state index in [1.54, 1.807) is 13.0 Å². The number of hydrogen-bond donors (Lipinski definition) is 0. The maximum atomic E-state index is 14.4. The second-order valence-electron chi connectivity index (χ2n) is 10.0. The molecule has 206 valence electrons. The fourth-order valence-electron chi connectivity index (χ4n) is 4.92. The van der Waals surface area contributed by atoms with Crippen molar-refractivity contribution in [3.63, 3.8) is 0 Å². The van der Waals surface area contributed by atoms with Gasteiger partial charge in [0.05, 0.1) is 5.56 Å². The van der Waals surface area contributed by atoms with Crippen molar-refractivity contribution in [1.82, 2.24) is 24.8 Å². The minimum absolute atomic E-state index is 0.0832. The second-order valence-corrected chi connectivity index (χ2v) is 10.0. The van der Waals surface area contributed by atoms with E-state index in [1.165, 1.54) is 24.4 Å². The van der Waals surface area contributed by atoms with E-state index >= 15 is 0 Å². The first kappa shape index (κ1) is 26.9. The molecule has 0 saturated carbocycles. The zero-order valence-corrected chi connectivity index (χ0v) is 22.3. The van der Waals surface area contributed by atoms with Gasteiger partial charge in [-0.3, -0.25) is 4.90 Å². The minimum Gasteiger partial charge on any atom is -0.353 e. The van der Waals surface area contributed by atoms with Crippen molar-refractivity contribution < 1.29 is 13.2 Å². The summed E-state index contributed by atoms with van der Waals surface area (Å²) in [4.78, 5) is 26.9. The summed E-state index contributed by atoms with van der Waals surface area (Å²) < 4.78 is 42.9. The molecule has 0 atom stereocenters. The van der Waals surface area contributed by atoms with Crippen LogP contribution in [0.4, 0.5) is 30.9 Å². The van der Waals surface area contributed by atoms with E-state index in [1.807, 2.05) is 21.9 Å². The Kier molecular flexibility index (Phi) is 7.69. The number of alkyl halides is 2.